The molecule has 0 aromatic carbocycles. The van der Waals surface area contributed by atoms with Gasteiger partial charge in [0.1, 0.15) is 12.1 Å². The molecule has 18 heavy (non-hydrogen) atoms. The highest BCUT2D eigenvalue weighted by molar-refractivity contribution is 6.32. The third-order valence-electron chi connectivity index (χ3n) is 2.66. The van der Waals surface area contributed by atoms with Crippen molar-refractivity contribution in [3.63, 3.8) is 0 Å². The molecule has 0 saturated carbocycles. The van der Waals surface area contributed by atoms with E-state index in [2.05, 4.69) is 34.3 Å². The summed E-state index contributed by atoms with van der Waals surface area (Å²) in [6, 6.07) is 3.91. The summed E-state index contributed by atoms with van der Waals surface area (Å²) >= 11 is 6.06. The van der Waals surface area contributed by atoms with Gasteiger partial charge >= 0.3 is 0 Å². The zero-order chi connectivity index (χ0) is 13.1. The van der Waals surface area contributed by atoms with Crippen molar-refractivity contribution in [1.29, 1.82) is 0 Å². The van der Waals surface area contributed by atoms with Crippen LogP contribution in [0.4, 0.5) is 5.82 Å². The van der Waals surface area contributed by atoms with Gasteiger partial charge in [0, 0.05) is 12.2 Å². The minimum Gasteiger partial charge on any atom is -0.359 e. The monoisotopic (exact) mass is 265 g/mol. The summed E-state index contributed by atoms with van der Waals surface area (Å²) in [6.07, 6.45) is 3.44. The summed E-state index contributed by atoms with van der Waals surface area (Å²) in [5, 5.41) is 11.9. The summed E-state index contributed by atoms with van der Waals surface area (Å²) in [5.41, 5.74) is 0. The van der Waals surface area contributed by atoms with Crippen LogP contribution in [0.3, 0.4) is 0 Å². The van der Waals surface area contributed by atoms with Gasteiger partial charge in [-0.1, -0.05) is 11.6 Å². The Balaban J connectivity index is 2.20. The van der Waals surface area contributed by atoms with Gasteiger partial charge < -0.3 is 9.88 Å². The van der Waals surface area contributed by atoms with Crippen LogP contribution in [0.25, 0.3) is 0 Å². The molecule has 0 aliphatic heterocycles. The number of aromatic nitrogens is 4. The molecular formula is C12H16ClN5. The van der Waals surface area contributed by atoms with Crippen LogP contribution in [-0.4, -0.2) is 19.7 Å². The van der Waals surface area contributed by atoms with Gasteiger partial charge in [0.05, 0.1) is 11.1 Å². The SMILES string of the molecule is CC(Nc1ncccc1Cl)c1nncn1C(C)C. The molecule has 0 fully saturated rings. The van der Waals surface area contributed by atoms with E-state index in [9.17, 15) is 0 Å². The molecule has 1 unspecified atom stereocenters. The first-order valence-electron chi connectivity index (χ1n) is 5.86. The number of halogens is 1. The van der Waals surface area contributed by atoms with Crippen molar-refractivity contribution in [2.45, 2.75) is 32.9 Å². The molecule has 5 nitrogen and oxygen atoms in total. The van der Waals surface area contributed by atoms with Crippen LogP contribution in [0, 0.1) is 0 Å². The first-order chi connectivity index (χ1) is 8.59. The van der Waals surface area contributed by atoms with Crippen LogP contribution in [0.15, 0.2) is 24.7 Å². The number of rotatable bonds is 4. The van der Waals surface area contributed by atoms with Gasteiger partial charge in [-0.3, -0.25) is 0 Å². The average molecular weight is 266 g/mol. The molecule has 2 heterocycles. The molecule has 0 aliphatic rings. The largest absolute Gasteiger partial charge is 0.359 e. The third-order valence-corrected chi connectivity index (χ3v) is 2.96. The van der Waals surface area contributed by atoms with Crippen molar-refractivity contribution in [2.24, 2.45) is 0 Å². The normalized spacial score (nSPS) is 12.7. The van der Waals surface area contributed by atoms with E-state index in [-0.39, 0.29) is 6.04 Å². The second-order valence-corrected chi connectivity index (χ2v) is 4.80. The number of anilines is 1. The predicted molar refractivity (Wildman–Crippen MR) is 71.7 cm³/mol. The van der Waals surface area contributed by atoms with Crippen molar-refractivity contribution >= 4 is 17.4 Å². The molecule has 0 bridgehead atoms. The molecule has 0 radical (unpaired) electrons. The van der Waals surface area contributed by atoms with E-state index in [0.717, 1.165) is 5.82 Å². The Bertz CT molecular complexity index is 523. The highest BCUT2D eigenvalue weighted by Gasteiger charge is 2.16. The smallest absolute Gasteiger partial charge is 0.155 e. The number of hydrogen-bond acceptors (Lipinski definition) is 4. The van der Waals surface area contributed by atoms with Crippen molar-refractivity contribution in [2.75, 3.05) is 5.32 Å². The minimum atomic E-state index is -0.0118. The van der Waals surface area contributed by atoms with Gasteiger partial charge in [-0.15, -0.1) is 10.2 Å². The van der Waals surface area contributed by atoms with E-state index in [0.29, 0.717) is 16.9 Å². The topological polar surface area (TPSA) is 55.6 Å². The van der Waals surface area contributed by atoms with Crippen molar-refractivity contribution in [1.82, 2.24) is 19.7 Å². The quantitative estimate of drug-likeness (QED) is 0.923. The fourth-order valence-corrected chi connectivity index (χ4v) is 1.90. The van der Waals surface area contributed by atoms with Crippen molar-refractivity contribution < 1.29 is 0 Å². The fraction of sp³-hybridized carbons (Fsp3) is 0.417. The van der Waals surface area contributed by atoms with E-state index in [1.165, 1.54) is 0 Å². The molecule has 96 valence electrons. The van der Waals surface area contributed by atoms with Gasteiger partial charge in [0.15, 0.2) is 5.82 Å². The molecule has 2 aromatic heterocycles. The highest BCUT2D eigenvalue weighted by atomic mass is 35.5. The van der Waals surface area contributed by atoms with Gasteiger partial charge in [0.2, 0.25) is 0 Å². The summed E-state index contributed by atoms with van der Waals surface area (Å²) in [7, 11) is 0. The summed E-state index contributed by atoms with van der Waals surface area (Å²) < 4.78 is 2.02. The summed E-state index contributed by atoms with van der Waals surface area (Å²) in [6.45, 7) is 6.19. The lowest BCUT2D eigenvalue weighted by Gasteiger charge is -2.17. The first-order valence-corrected chi connectivity index (χ1v) is 6.24. The van der Waals surface area contributed by atoms with E-state index in [4.69, 9.17) is 11.6 Å². The summed E-state index contributed by atoms with van der Waals surface area (Å²) in [5.74, 6) is 1.52. The number of nitrogens with zero attached hydrogens (tertiary/aromatic N) is 4. The molecule has 2 rings (SSSR count). The Kier molecular flexibility index (Phi) is 3.81. The molecule has 0 saturated heterocycles. The van der Waals surface area contributed by atoms with Crippen LogP contribution < -0.4 is 5.32 Å². The Morgan fingerprint density at radius 3 is 2.78 bits per heavy atom. The van der Waals surface area contributed by atoms with Gasteiger partial charge in [-0.25, -0.2) is 4.98 Å². The maximum atomic E-state index is 6.06. The molecule has 1 atom stereocenters. The number of hydrogen-bond donors (Lipinski definition) is 1. The maximum Gasteiger partial charge on any atom is 0.155 e. The lowest BCUT2D eigenvalue weighted by Crippen LogP contribution is -2.15. The second kappa shape index (κ2) is 5.35. The van der Waals surface area contributed by atoms with Crippen LogP contribution >= 0.6 is 11.6 Å². The van der Waals surface area contributed by atoms with Gasteiger partial charge in [-0.2, -0.15) is 0 Å². The van der Waals surface area contributed by atoms with Crippen LogP contribution in [0.5, 0.6) is 0 Å². The van der Waals surface area contributed by atoms with Gasteiger partial charge in [0.25, 0.3) is 0 Å². The van der Waals surface area contributed by atoms with E-state index < -0.39 is 0 Å². The molecule has 6 heteroatoms. The van der Waals surface area contributed by atoms with E-state index >= 15 is 0 Å². The third kappa shape index (κ3) is 2.61. The molecule has 0 amide bonds. The summed E-state index contributed by atoms with van der Waals surface area (Å²) in [4.78, 5) is 4.20. The molecular weight excluding hydrogens is 250 g/mol. The second-order valence-electron chi connectivity index (χ2n) is 4.39. The molecule has 0 aliphatic carbocycles. The van der Waals surface area contributed by atoms with E-state index in [1.54, 1.807) is 24.7 Å². The molecule has 2 aromatic rings. The standard InChI is InChI=1S/C12H16ClN5/c1-8(2)18-7-15-17-12(18)9(3)16-11-10(13)5-4-6-14-11/h4-9H,1-3H3,(H,14,16). The van der Waals surface area contributed by atoms with Crippen LogP contribution in [0.2, 0.25) is 5.02 Å². The average Bonchev–Trinajstić information content (AvgIpc) is 2.81. The fourth-order valence-electron chi connectivity index (χ4n) is 1.72. The van der Waals surface area contributed by atoms with E-state index in [1.807, 2.05) is 11.5 Å². The molecule has 1 N–H and O–H groups in total. The zero-order valence-electron chi connectivity index (χ0n) is 10.6. The maximum absolute atomic E-state index is 6.06. The lowest BCUT2D eigenvalue weighted by molar-refractivity contribution is 0.552. The Labute approximate surface area is 111 Å². The van der Waals surface area contributed by atoms with Gasteiger partial charge in [-0.05, 0) is 32.9 Å². The van der Waals surface area contributed by atoms with Crippen molar-refractivity contribution in [3.8, 4) is 0 Å². The number of nitrogens with one attached hydrogen (secondary N) is 1. The Morgan fingerprint density at radius 1 is 1.33 bits per heavy atom. The van der Waals surface area contributed by atoms with Crippen molar-refractivity contribution in [3.05, 3.63) is 35.5 Å². The first kappa shape index (κ1) is 12.8. The highest BCUT2D eigenvalue weighted by Crippen LogP contribution is 2.23. The zero-order valence-corrected chi connectivity index (χ0v) is 11.4. The molecule has 0 spiro atoms. The van der Waals surface area contributed by atoms with Crippen LogP contribution in [0.1, 0.15) is 38.7 Å². The van der Waals surface area contributed by atoms with Crippen LogP contribution in [-0.2, 0) is 0 Å². The lowest BCUT2D eigenvalue weighted by atomic mass is 10.2. The number of pyridine rings is 1. The predicted octanol–water partition coefficient (Wildman–Crippen LogP) is 3.08. The Morgan fingerprint density at radius 2 is 2.11 bits per heavy atom. The Hall–Kier alpha value is -1.62. The minimum absolute atomic E-state index is 0.0118.